The molecule has 0 fully saturated rings. The lowest BCUT2D eigenvalue weighted by molar-refractivity contribution is -0.111. The number of halogens is 4. The van der Waals surface area contributed by atoms with Crippen LogP contribution in [-0.2, 0) is 4.79 Å². The number of nitrogens with zero attached hydrogens (tertiary/aromatic N) is 4. The molecule has 0 radical (unpaired) electrons. The van der Waals surface area contributed by atoms with Gasteiger partial charge >= 0.3 is 0 Å². The van der Waals surface area contributed by atoms with Crippen molar-refractivity contribution in [2.24, 2.45) is 0 Å². The van der Waals surface area contributed by atoms with Gasteiger partial charge in [-0.3, -0.25) is 23.5 Å². The molecule has 0 aliphatic heterocycles. The zero-order chi connectivity index (χ0) is 36.4. The topological polar surface area (TPSA) is 125 Å². The molecule has 6 aromatic rings. The Morgan fingerprint density at radius 3 is 1.58 bits per heavy atom. The van der Waals surface area contributed by atoms with E-state index in [9.17, 15) is 14.4 Å². The first-order valence-corrected chi connectivity index (χ1v) is 17.8. The van der Waals surface area contributed by atoms with E-state index in [4.69, 9.17) is 38.9 Å². The van der Waals surface area contributed by atoms with Gasteiger partial charge in [-0.1, -0.05) is 57.5 Å². The van der Waals surface area contributed by atoms with Crippen LogP contribution in [0.4, 0.5) is 11.4 Å². The van der Waals surface area contributed by atoms with Gasteiger partial charge in [0.1, 0.15) is 11.6 Å². The monoisotopic (exact) mass is 836 g/mol. The maximum absolute atomic E-state index is 13.2. The third-order valence-corrected chi connectivity index (χ3v) is 9.83. The first kappa shape index (κ1) is 37.0. The van der Waals surface area contributed by atoms with Crippen LogP contribution in [0.25, 0.3) is 33.2 Å². The van der Waals surface area contributed by atoms with Crippen LogP contribution in [0.3, 0.4) is 0 Å². The summed E-state index contributed by atoms with van der Waals surface area (Å²) in [5, 5.41) is 4.88. The summed E-state index contributed by atoms with van der Waals surface area (Å²) in [6.07, 6.45) is 1.18. The summed E-state index contributed by atoms with van der Waals surface area (Å²) in [7, 11) is 0. The molecule has 6 rings (SSSR count). The minimum atomic E-state index is -0.339. The number of carbonyl (C=O) groups excluding carboxylic acids is 1. The van der Waals surface area contributed by atoms with Gasteiger partial charge in [0.05, 0.1) is 47.8 Å². The highest BCUT2D eigenvalue weighted by Gasteiger charge is 2.20. The molecule has 0 saturated carbocycles. The van der Waals surface area contributed by atoms with Crippen molar-refractivity contribution in [1.82, 2.24) is 19.1 Å². The van der Waals surface area contributed by atoms with Crippen LogP contribution in [0, 0.1) is 0 Å². The lowest BCUT2D eigenvalue weighted by Gasteiger charge is -2.17. The second kappa shape index (κ2) is 15.3. The van der Waals surface area contributed by atoms with Crippen LogP contribution in [0.5, 0.6) is 0 Å². The Balaban J connectivity index is 0.000000197. The van der Waals surface area contributed by atoms with Crippen LogP contribution in [-0.4, -0.2) is 25.0 Å². The van der Waals surface area contributed by atoms with Gasteiger partial charge in [0, 0.05) is 27.6 Å². The molecule has 2 heterocycles. The fourth-order valence-corrected chi connectivity index (χ4v) is 6.44. The SMILES string of the molecule is C=CC(=O)Nc1ccc2c(=O)n(-c3ccc(Cl)cc3)c(C(C)C)nc2c1Br.CC(C)c1nc2c(Br)c(N)ccc2c(=O)n1-c1ccc(Cl)cc1. The standard InChI is InChI=1S/C20H17BrClN3O2.C17H15BrClN3O/c1-4-16(26)23-15-10-9-14-18(17(15)21)24-19(11(2)3)25(20(14)27)13-7-5-12(22)6-8-13;1-9(2)16-21-15-12(7-8-13(20)14(15)18)17(23)22(16)11-5-3-10(19)4-6-11/h4-11H,1H2,2-3H3,(H,23,26);3-9H,20H2,1-2H3. The Morgan fingerprint density at radius 1 is 0.740 bits per heavy atom. The second-order valence-electron chi connectivity index (χ2n) is 11.9. The van der Waals surface area contributed by atoms with Crippen molar-refractivity contribution >= 4 is 94.1 Å². The van der Waals surface area contributed by atoms with E-state index in [0.717, 1.165) is 5.69 Å². The lowest BCUT2D eigenvalue weighted by Crippen LogP contribution is -2.25. The normalized spacial score (nSPS) is 11.2. The van der Waals surface area contributed by atoms with Crippen molar-refractivity contribution in [1.29, 1.82) is 0 Å². The Morgan fingerprint density at radius 2 is 1.16 bits per heavy atom. The van der Waals surface area contributed by atoms with Crippen molar-refractivity contribution in [3.05, 3.63) is 137 Å². The third kappa shape index (κ3) is 7.41. The smallest absolute Gasteiger partial charge is 0.266 e. The van der Waals surface area contributed by atoms with E-state index in [1.165, 1.54) is 6.08 Å². The Labute approximate surface area is 315 Å². The molecule has 1 amide bonds. The van der Waals surface area contributed by atoms with E-state index >= 15 is 0 Å². The molecule has 256 valence electrons. The molecule has 0 aliphatic rings. The van der Waals surface area contributed by atoms with Gasteiger partial charge in [-0.2, -0.15) is 0 Å². The van der Waals surface area contributed by atoms with Crippen LogP contribution in [0.2, 0.25) is 10.0 Å². The van der Waals surface area contributed by atoms with Gasteiger partial charge in [0.2, 0.25) is 5.91 Å². The van der Waals surface area contributed by atoms with E-state index in [2.05, 4.69) is 43.8 Å². The summed E-state index contributed by atoms with van der Waals surface area (Å²) in [5.74, 6) is 1.01. The van der Waals surface area contributed by atoms with Gasteiger partial charge in [0.25, 0.3) is 11.1 Å². The Kier molecular flexibility index (Phi) is 11.3. The Bertz CT molecular complexity index is 2390. The number of rotatable bonds is 6. The summed E-state index contributed by atoms with van der Waals surface area (Å²) in [6.45, 7) is 11.4. The number of nitrogen functional groups attached to an aromatic ring is 1. The van der Waals surface area contributed by atoms with Gasteiger partial charge in [0.15, 0.2) is 0 Å². The van der Waals surface area contributed by atoms with E-state index in [0.29, 0.717) is 69.5 Å². The molecule has 50 heavy (non-hydrogen) atoms. The van der Waals surface area contributed by atoms with Crippen molar-refractivity contribution in [2.45, 2.75) is 39.5 Å². The zero-order valence-corrected chi connectivity index (χ0v) is 32.2. The quantitative estimate of drug-likeness (QED) is 0.127. The summed E-state index contributed by atoms with van der Waals surface area (Å²) in [4.78, 5) is 47.3. The number of anilines is 2. The van der Waals surface area contributed by atoms with Crippen LogP contribution in [0.1, 0.15) is 51.2 Å². The number of nitrogens with one attached hydrogen (secondary N) is 1. The van der Waals surface area contributed by atoms with Gasteiger partial charge in [-0.15, -0.1) is 0 Å². The van der Waals surface area contributed by atoms with E-state index < -0.39 is 0 Å². The highest BCUT2D eigenvalue weighted by Crippen LogP contribution is 2.31. The molecule has 0 atom stereocenters. The predicted molar refractivity (Wildman–Crippen MR) is 212 cm³/mol. The first-order valence-electron chi connectivity index (χ1n) is 15.4. The minimum absolute atomic E-state index is 0.00361. The maximum Gasteiger partial charge on any atom is 0.266 e. The number of fused-ring (bicyclic) bond motifs is 2. The molecule has 3 N–H and O–H groups in total. The third-order valence-electron chi connectivity index (χ3n) is 7.69. The van der Waals surface area contributed by atoms with Crippen LogP contribution >= 0.6 is 55.1 Å². The molecule has 0 bridgehead atoms. The molecule has 0 spiro atoms. The number of benzene rings is 4. The van der Waals surface area contributed by atoms with Crippen molar-refractivity contribution < 1.29 is 4.79 Å². The van der Waals surface area contributed by atoms with E-state index in [1.54, 1.807) is 69.8 Å². The minimum Gasteiger partial charge on any atom is -0.398 e. The second-order valence-corrected chi connectivity index (χ2v) is 14.3. The summed E-state index contributed by atoms with van der Waals surface area (Å²) in [5.41, 5.74) is 9.21. The molecule has 13 heteroatoms. The van der Waals surface area contributed by atoms with Crippen LogP contribution < -0.4 is 22.2 Å². The largest absolute Gasteiger partial charge is 0.398 e. The van der Waals surface area contributed by atoms with Crippen molar-refractivity contribution in [3.63, 3.8) is 0 Å². The zero-order valence-electron chi connectivity index (χ0n) is 27.5. The summed E-state index contributed by atoms with van der Waals surface area (Å²) in [6, 6.07) is 20.9. The lowest BCUT2D eigenvalue weighted by atomic mass is 10.1. The highest BCUT2D eigenvalue weighted by atomic mass is 79.9. The fourth-order valence-electron chi connectivity index (χ4n) is 5.22. The molecule has 2 aromatic heterocycles. The Hall–Kier alpha value is -4.29. The fraction of sp³-hybridized carbons (Fsp3) is 0.162. The number of carbonyl (C=O) groups is 1. The average Bonchev–Trinajstić information content (AvgIpc) is 3.08. The molecule has 9 nitrogen and oxygen atoms in total. The number of hydrogen-bond acceptors (Lipinski definition) is 6. The number of aromatic nitrogens is 4. The van der Waals surface area contributed by atoms with E-state index in [-0.39, 0.29) is 28.9 Å². The molecule has 0 aliphatic carbocycles. The van der Waals surface area contributed by atoms with Crippen LogP contribution in [0.15, 0.2) is 104 Å². The van der Waals surface area contributed by atoms with Gasteiger partial charge in [-0.05, 0) is 111 Å². The van der Waals surface area contributed by atoms with Gasteiger partial charge < -0.3 is 11.1 Å². The number of hydrogen-bond donors (Lipinski definition) is 2. The molecule has 0 saturated heterocycles. The molecule has 0 unspecified atom stereocenters. The van der Waals surface area contributed by atoms with Crippen molar-refractivity contribution in [3.8, 4) is 11.4 Å². The van der Waals surface area contributed by atoms with Crippen molar-refractivity contribution in [2.75, 3.05) is 11.1 Å². The summed E-state index contributed by atoms with van der Waals surface area (Å²) >= 11 is 18.8. The van der Waals surface area contributed by atoms with E-state index in [1.807, 2.05) is 39.8 Å². The molecular formula is C37H32Br2Cl2N6O3. The number of nitrogens with two attached hydrogens (primary N) is 1. The first-order chi connectivity index (χ1) is 23.7. The number of amides is 1. The molecule has 4 aromatic carbocycles. The predicted octanol–water partition coefficient (Wildman–Crippen LogP) is 9.56. The summed E-state index contributed by atoms with van der Waals surface area (Å²) < 4.78 is 4.43. The van der Waals surface area contributed by atoms with Gasteiger partial charge in [-0.25, -0.2) is 9.97 Å². The average molecular weight is 839 g/mol. The highest BCUT2D eigenvalue weighted by molar-refractivity contribution is 9.11. The molecular weight excluding hydrogens is 807 g/mol. The maximum atomic E-state index is 13.2.